The van der Waals surface area contributed by atoms with E-state index in [1.807, 2.05) is 0 Å². The van der Waals surface area contributed by atoms with E-state index in [1.165, 1.54) is 31.5 Å². The van der Waals surface area contributed by atoms with Crippen molar-refractivity contribution in [3.05, 3.63) is 21.3 Å². The fourth-order valence-electron chi connectivity index (χ4n) is 2.83. The number of halogens is 1. The van der Waals surface area contributed by atoms with Gasteiger partial charge in [0.1, 0.15) is 0 Å². The number of nitrogens with zero attached hydrogens (tertiary/aromatic N) is 1. The van der Waals surface area contributed by atoms with Crippen LogP contribution in [0.25, 0.3) is 0 Å². The first-order valence-electron chi connectivity index (χ1n) is 7.29. The number of thiophene rings is 1. The summed E-state index contributed by atoms with van der Waals surface area (Å²) in [6.07, 6.45) is 2.72. The van der Waals surface area contributed by atoms with Crippen molar-refractivity contribution in [3.8, 4) is 0 Å². The zero-order chi connectivity index (χ0) is 13.8. The molecule has 0 aromatic carbocycles. The van der Waals surface area contributed by atoms with Crippen LogP contribution in [-0.4, -0.2) is 30.6 Å². The summed E-state index contributed by atoms with van der Waals surface area (Å²) >= 11 is 7.62. The fraction of sp³-hybridized carbons (Fsp3) is 0.733. The maximum absolute atomic E-state index is 6.00. The second-order valence-electron chi connectivity index (χ2n) is 5.87. The Morgan fingerprint density at radius 2 is 2.00 bits per heavy atom. The molecule has 19 heavy (non-hydrogen) atoms. The third-order valence-electron chi connectivity index (χ3n) is 4.10. The van der Waals surface area contributed by atoms with Crippen LogP contribution in [0, 0.1) is 5.92 Å². The van der Waals surface area contributed by atoms with E-state index in [0.717, 1.165) is 10.9 Å². The molecule has 0 radical (unpaired) electrons. The molecule has 0 bridgehead atoms. The molecule has 1 aromatic rings. The summed E-state index contributed by atoms with van der Waals surface area (Å²) < 4.78 is 0.878. The summed E-state index contributed by atoms with van der Waals surface area (Å²) in [6, 6.07) is 3.11. The molecule has 2 nitrogen and oxygen atoms in total. The summed E-state index contributed by atoms with van der Waals surface area (Å²) in [5.74, 6) is 0.698. The molecule has 0 spiro atoms. The van der Waals surface area contributed by atoms with E-state index in [0.29, 0.717) is 18.0 Å². The van der Waals surface area contributed by atoms with Gasteiger partial charge in [0.05, 0.1) is 4.34 Å². The van der Waals surface area contributed by atoms with Gasteiger partial charge in [-0.15, -0.1) is 11.3 Å². The van der Waals surface area contributed by atoms with Gasteiger partial charge in [0.2, 0.25) is 0 Å². The highest BCUT2D eigenvalue weighted by Crippen LogP contribution is 2.25. The molecule has 1 N–H and O–H groups in total. The highest BCUT2D eigenvalue weighted by Gasteiger charge is 2.24. The minimum Gasteiger partial charge on any atom is -0.309 e. The molecule has 2 heterocycles. The van der Waals surface area contributed by atoms with Gasteiger partial charge in [0, 0.05) is 18.6 Å². The Kier molecular flexibility index (Phi) is 5.70. The second-order valence-corrected chi connectivity index (χ2v) is 7.41. The maximum Gasteiger partial charge on any atom is 0.0931 e. The van der Waals surface area contributed by atoms with Crippen molar-refractivity contribution in [1.29, 1.82) is 0 Å². The highest BCUT2D eigenvalue weighted by molar-refractivity contribution is 7.14. The Hall–Kier alpha value is -0.0900. The Balaban J connectivity index is 1.87. The van der Waals surface area contributed by atoms with Crippen molar-refractivity contribution < 1.29 is 0 Å². The molecule has 1 saturated heterocycles. The molecule has 108 valence electrons. The van der Waals surface area contributed by atoms with Gasteiger partial charge in [-0.3, -0.25) is 4.90 Å². The van der Waals surface area contributed by atoms with Crippen molar-refractivity contribution in [2.24, 2.45) is 5.92 Å². The average Bonchev–Trinajstić information content (AvgIpc) is 3.00. The predicted octanol–water partition coefficient (Wildman–Crippen LogP) is 4.17. The number of hydrogen-bond acceptors (Lipinski definition) is 3. The smallest absolute Gasteiger partial charge is 0.0931 e. The van der Waals surface area contributed by atoms with Gasteiger partial charge in [-0.25, -0.2) is 0 Å². The number of rotatable bonds is 6. The summed E-state index contributed by atoms with van der Waals surface area (Å²) in [5.41, 5.74) is 1.30. The second kappa shape index (κ2) is 7.07. The molecule has 0 saturated carbocycles. The SMILES string of the molecule is CC(NCC(C(C)C)N1CCCC1)c1csc(Cl)c1. The van der Waals surface area contributed by atoms with E-state index in [-0.39, 0.29) is 0 Å². The van der Waals surface area contributed by atoms with Crippen molar-refractivity contribution in [2.75, 3.05) is 19.6 Å². The van der Waals surface area contributed by atoms with Crippen LogP contribution in [0.2, 0.25) is 4.34 Å². The predicted molar refractivity (Wildman–Crippen MR) is 85.2 cm³/mol. The quantitative estimate of drug-likeness (QED) is 0.848. The van der Waals surface area contributed by atoms with E-state index < -0.39 is 0 Å². The van der Waals surface area contributed by atoms with Gasteiger partial charge >= 0.3 is 0 Å². The van der Waals surface area contributed by atoms with Gasteiger partial charge in [-0.05, 0) is 55.8 Å². The topological polar surface area (TPSA) is 15.3 Å². The summed E-state index contributed by atoms with van der Waals surface area (Å²) in [7, 11) is 0. The molecule has 2 unspecified atom stereocenters. The molecular weight excluding hydrogens is 276 g/mol. The van der Waals surface area contributed by atoms with Crippen LogP contribution in [0.15, 0.2) is 11.4 Å². The van der Waals surface area contributed by atoms with Crippen LogP contribution in [0.4, 0.5) is 0 Å². The molecule has 1 aliphatic rings. The third kappa shape index (κ3) is 4.19. The monoisotopic (exact) mass is 300 g/mol. The molecule has 0 aliphatic carbocycles. The van der Waals surface area contributed by atoms with Crippen LogP contribution in [0.5, 0.6) is 0 Å². The van der Waals surface area contributed by atoms with Crippen LogP contribution in [-0.2, 0) is 0 Å². The molecule has 1 fully saturated rings. The highest BCUT2D eigenvalue weighted by atomic mass is 35.5. The van der Waals surface area contributed by atoms with Gasteiger partial charge in [0.25, 0.3) is 0 Å². The van der Waals surface area contributed by atoms with E-state index in [2.05, 4.69) is 42.4 Å². The van der Waals surface area contributed by atoms with Crippen LogP contribution < -0.4 is 5.32 Å². The molecule has 1 aromatic heterocycles. The van der Waals surface area contributed by atoms with Crippen molar-refractivity contribution in [1.82, 2.24) is 10.2 Å². The van der Waals surface area contributed by atoms with Gasteiger partial charge in [-0.1, -0.05) is 25.4 Å². The number of nitrogens with one attached hydrogen (secondary N) is 1. The minimum atomic E-state index is 0.382. The number of hydrogen-bond donors (Lipinski definition) is 1. The van der Waals surface area contributed by atoms with E-state index in [9.17, 15) is 0 Å². The lowest BCUT2D eigenvalue weighted by Crippen LogP contribution is -2.44. The Labute approximate surface area is 126 Å². The first-order valence-corrected chi connectivity index (χ1v) is 8.55. The van der Waals surface area contributed by atoms with Crippen LogP contribution in [0.1, 0.15) is 45.2 Å². The normalized spacial score (nSPS) is 20.1. The van der Waals surface area contributed by atoms with Gasteiger partial charge in [-0.2, -0.15) is 0 Å². The Morgan fingerprint density at radius 1 is 1.32 bits per heavy atom. The minimum absolute atomic E-state index is 0.382. The molecule has 2 rings (SSSR count). The lowest BCUT2D eigenvalue weighted by molar-refractivity contribution is 0.183. The molecule has 1 aliphatic heterocycles. The van der Waals surface area contributed by atoms with Crippen molar-refractivity contribution >= 4 is 22.9 Å². The molecule has 0 amide bonds. The summed E-state index contributed by atoms with van der Waals surface area (Å²) in [6.45, 7) is 10.5. The van der Waals surface area contributed by atoms with Crippen molar-refractivity contribution in [2.45, 2.75) is 45.7 Å². The largest absolute Gasteiger partial charge is 0.309 e. The average molecular weight is 301 g/mol. The molecule has 4 heteroatoms. The van der Waals surface area contributed by atoms with E-state index >= 15 is 0 Å². The van der Waals surface area contributed by atoms with E-state index in [4.69, 9.17) is 11.6 Å². The Bertz CT molecular complexity index is 385. The van der Waals surface area contributed by atoms with E-state index in [1.54, 1.807) is 11.3 Å². The van der Waals surface area contributed by atoms with Gasteiger partial charge < -0.3 is 5.32 Å². The standard InChI is InChI=1S/C15H25ClN2S/c1-11(2)14(18-6-4-5-7-18)9-17-12(3)13-8-15(16)19-10-13/h8,10-12,14,17H,4-7,9H2,1-3H3. The summed E-state index contributed by atoms with van der Waals surface area (Å²) in [4.78, 5) is 2.64. The van der Waals surface area contributed by atoms with Crippen molar-refractivity contribution in [3.63, 3.8) is 0 Å². The Morgan fingerprint density at radius 3 is 2.53 bits per heavy atom. The zero-order valence-electron chi connectivity index (χ0n) is 12.2. The first-order chi connectivity index (χ1) is 9.08. The lowest BCUT2D eigenvalue weighted by atomic mass is 10.0. The van der Waals surface area contributed by atoms with Gasteiger partial charge in [0.15, 0.2) is 0 Å². The fourth-order valence-corrected chi connectivity index (χ4v) is 3.81. The van der Waals surface area contributed by atoms with Crippen LogP contribution in [0.3, 0.4) is 0 Å². The summed E-state index contributed by atoms with van der Waals surface area (Å²) in [5, 5.41) is 5.83. The first kappa shape index (κ1) is 15.3. The maximum atomic E-state index is 6.00. The third-order valence-corrected chi connectivity index (χ3v) is 5.21. The molecule has 2 atom stereocenters. The lowest BCUT2D eigenvalue weighted by Gasteiger charge is -2.32. The van der Waals surface area contributed by atoms with Crippen LogP contribution >= 0.6 is 22.9 Å². The number of likely N-dealkylation sites (tertiary alicyclic amines) is 1. The zero-order valence-corrected chi connectivity index (χ0v) is 13.7. The molecular formula is C15H25ClN2S.